The molecule has 1 aliphatic rings. The molecule has 0 aromatic rings. The third-order valence-corrected chi connectivity index (χ3v) is 1.90. The minimum Gasteiger partial charge on any atom is -0.469 e. The highest BCUT2D eigenvalue weighted by molar-refractivity contribution is 5.88. The highest BCUT2D eigenvalue weighted by atomic mass is 16.8. The Kier molecular flexibility index (Phi) is 4.39. The van der Waals surface area contributed by atoms with Crippen LogP contribution in [0.5, 0.6) is 0 Å². The summed E-state index contributed by atoms with van der Waals surface area (Å²) in [4.78, 5) is 15.8. The third-order valence-electron chi connectivity index (χ3n) is 1.90. The number of hydrogen-bond donors (Lipinski definition) is 0. The van der Waals surface area contributed by atoms with Crippen LogP contribution in [0.2, 0.25) is 0 Å². The van der Waals surface area contributed by atoms with Gasteiger partial charge in [0.1, 0.15) is 0 Å². The predicted molar refractivity (Wildman–Crippen MR) is 49.8 cm³/mol. The van der Waals surface area contributed by atoms with Crippen LogP contribution in [0.4, 0.5) is 0 Å². The SMILES string of the molecule is CCOC1CC(CCC(=O)OC)=NO1. The first-order valence-electron chi connectivity index (χ1n) is 4.66. The van der Waals surface area contributed by atoms with Crippen molar-refractivity contribution in [3.8, 4) is 0 Å². The standard InChI is InChI=1S/C9H15NO4/c1-3-13-9-6-7(10-14-9)4-5-8(11)12-2/h9H,3-6H2,1-2H3. The summed E-state index contributed by atoms with van der Waals surface area (Å²) < 4.78 is 9.73. The molecule has 0 saturated heterocycles. The second kappa shape index (κ2) is 5.59. The molecule has 1 atom stereocenters. The van der Waals surface area contributed by atoms with Crippen LogP contribution in [0.3, 0.4) is 0 Å². The molecule has 1 heterocycles. The zero-order valence-electron chi connectivity index (χ0n) is 8.49. The maximum absolute atomic E-state index is 10.8. The summed E-state index contributed by atoms with van der Waals surface area (Å²) in [6, 6.07) is 0. The van der Waals surface area contributed by atoms with Crippen LogP contribution in [0.15, 0.2) is 5.16 Å². The molecule has 1 unspecified atom stereocenters. The number of carbonyl (C=O) groups excluding carboxylic acids is 1. The molecule has 0 saturated carbocycles. The van der Waals surface area contributed by atoms with E-state index in [2.05, 4.69) is 9.89 Å². The highest BCUT2D eigenvalue weighted by Crippen LogP contribution is 2.14. The van der Waals surface area contributed by atoms with Gasteiger partial charge >= 0.3 is 5.97 Å². The van der Waals surface area contributed by atoms with Gasteiger partial charge in [0.2, 0.25) is 6.29 Å². The molecule has 0 bridgehead atoms. The Labute approximate surface area is 83.0 Å². The largest absolute Gasteiger partial charge is 0.469 e. The second-order valence-corrected chi connectivity index (χ2v) is 2.93. The van der Waals surface area contributed by atoms with Crippen LogP contribution >= 0.6 is 0 Å². The minimum atomic E-state index is -0.271. The number of methoxy groups -OCH3 is 1. The van der Waals surface area contributed by atoms with E-state index in [-0.39, 0.29) is 12.3 Å². The van der Waals surface area contributed by atoms with Crippen molar-refractivity contribution in [1.29, 1.82) is 0 Å². The van der Waals surface area contributed by atoms with Gasteiger partial charge < -0.3 is 14.3 Å². The van der Waals surface area contributed by atoms with E-state index < -0.39 is 0 Å². The van der Waals surface area contributed by atoms with E-state index in [1.807, 2.05) is 6.92 Å². The fraction of sp³-hybridized carbons (Fsp3) is 0.778. The van der Waals surface area contributed by atoms with Gasteiger partial charge in [-0.3, -0.25) is 4.79 Å². The molecule has 0 amide bonds. The first-order valence-corrected chi connectivity index (χ1v) is 4.66. The maximum atomic E-state index is 10.8. The first-order chi connectivity index (χ1) is 6.76. The lowest BCUT2D eigenvalue weighted by Gasteiger charge is -2.06. The Morgan fingerprint density at radius 3 is 3.14 bits per heavy atom. The molecule has 5 heteroatoms. The van der Waals surface area contributed by atoms with E-state index in [1.165, 1.54) is 7.11 Å². The topological polar surface area (TPSA) is 57.1 Å². The van der Waals surface area contributed by atoms with Gasteiger partial charge in [-0.15, -0.1) is 0 Å². The van der Waals surface area contributed by atoms with Crippen molar-refractivity contribution in [3.63, 3.8) is 0 Å². The van der Waals surface area contributed by atoms with Crippen molar-refractivity contribution < 1.29 is 19.1 Å². The molecule has 0 aliphatic carbocycles. The molecule has 0 fully saturated rings. The first kappa shape index (κ1) is 11.0. The summed E-state index contributed by atoms with van der Waals surface area (Å²) in [6.07, 6.45) is 1.30. The highest BCUT2D eigenvalue weighted by Gasteiger charge is 2.21. The van der Waals surface area contributed by atoms with Crippen LogP contribution in [0.25, 0.3) is 0 Å². The summed E-state index contributed by atoms with van der Waals surface area (Å²) in [5.74, 6) is -0.229. The van der Waals surface area contributed by atoms with Crippen LogP contribution in [-0.2, 0) is 19.1 Å². The fourth-order valence-electron chi connectivity index (χ4n) is 1.17. The van der Waals surface area contributed by atoms with Gasteiger partial charge in [0.25, 0.3) is 0 Å². The number of ether oxygens (including phenoxy) is 2. The number of rotatable bonds is 5. The van der Waals surface area contributed by atoms with Crippen LogP contribution in [0, 0.1) is 0 Å². The Morgan fingerprint density at radius 1 is 1.71 bits per heavy atom. The molecule has 1 rings (SSSR count). The van der Waals surface area contributed by atoms with Crippen molar-refractivity contribution in [2.45, 2.75) is 32.5 Å². The van der Waals surface area contributed by atoms with Gasteiger partial charge in [-0.05, 0) is 13.3 Å². The smallest absolute Gasteiger partial charge is 0.305 e. The number of nitrogens with zero attached hydrogens (tertiary/aromatic N) is 1. The molecule has 80 valence electrons. The quantitative estimate of drug-likeness (QED) is 0.624. The lowest BCUT2D eigenvalue weighted by molar-refractivity contribution is -0.140. The molecule has 1 aliphatic heterocycles. The monoisotopic (exact) mass is 201 g/mol. The fourth-order valence-corrected chi connectivity index (χ4v) is 1.17. The van der Waals surface area contributed by atoms with Gasteiger partial charge in [0.15, 0.2) is 0 Å². The van der Waals surface area contributed by atoms with Crippen molar-refractivity contribution >= 4 is 11.7 Å². The summed E-state index contributed by atoms with van der Waals surface area (Å²) in [5, 5.41) is 3.83. The summed E-state index contributed by atoms with van der Waals surface area (Å²) >= 11 is 0. The summed E-state index contributed by atoms with van der Waals surface area (Å²) in [6.45, 7) is 2.50. The molecule has 0 aromatic heterocycles. The molecule has 5 nitrogen and oxygen atoms in total. The second-order valence-electron chi connectivity index (χ2n) is 2.93. The van der Waals surface area contributed by atoms with Crippen LogP contribution in [-0.4, -0.2) is 31.7 Å². The zero-order valence-corrected chi connectivity index (χ0v) is 8.49. The molecular weight excluding hydrogens is 186 g/mol. The molecule has 14 heavy (non-hydrogen) atoms. The molecular formula is C9H15NO4. The number of carbonyl (C=O) groups is 1. The number of hydrogen-bond acceptors (Lipinski definition) is 5. The van der Waals surface area contributed by atoms with E-state index in [0.717, 1.165) is 5.71 Å². The normalized spacial score (nSPS) is 20.1. The van der Waals surface area contributed by atoms with Gasteiger partial charge in [-0.1, -0.05) is 5.16 Å². The Hall–Kier alpha value is -1.10. The third kappa shape index (κ3) is 3.33. The Balaban J connectivity index is 2.18. The van der Waals surface area contributed by atoms with Crippen LogP contribution in [0.1, 0.15) is 26.2 Å². The van der Waals surface area contributed by atoms with E-state index in [1.54, 1.807) is 0 Å². The van der Waals surface area contributed by atoms with Crippen molar-refractivity contribution in [1.82, 2.24) is 0 Å². The lowest BCUT2D eigenvalue weighted by Crippen LogP contribution is -2.13. The predicted octanol–water partition coefficient (Wildman–Crippen LogP) is 1.08. The van der Waals surface area contributed by atoms with Crippen LogP contribution < -0.4 is 0 Å². The summed E-state index contributed by atoms with van der Waals surface area (Å²) in [5.41, 5.74) is 0.855. The number of esters is 1. The average Bonchev–Trinajstić information content (AvgIpc) is 2.63. The van der Waals surface area contributed by atoms with Gasteiger partial charge in [-0.2, -0.15) is 0 Å². The molecule has 0 radical (unpaired) electrons. The van der Waals surface area contributed by atoms with E-state index >= 15 is 0 Å². The van der Waals surface area contributed by atoms with Gasteiger partial charge in [0.05, 0.1) is 25.7 Å². The Morgan fingerprint density at radius 2 is 2.50 bits per heavy atom. The molecule has 0 N–H and O–H groups in total. The van der Waals surface area contributed by atoms with E-state index in [9.17, 15) is 4.79 Å². The lowest BCUT2D eigenvalue weighted by atomic mass is 10.1. The maximum Gasteiger partial charge on any atom is 0.305 e. The van der Waals surface area contributed by atoms with Gasteiger partial charge in [0, 0.05) is 6.61 Å². The van der Waals surface area contributed by atoms with Crippen molar-refractivity contribution in [2.75, 3.05) is 13.7 Å². The van der Waals surface area contributed by atoms with Gasteiger partial charge in [-0.25, -0.2) is 0 Å². The van der Waals surface area contributed by atoms with E-state index in [4.69, 9.17) is 9.57 Å². The van der Waals surface area contributed by atoms with Crippen molar-refractivity contribution in [2.24, 2.45) is 5.16 Å². The van der Waals surface area contributed by atoms with E-state index in [0.29, 0.717) is 25.9 Å². The number of oxime groups is 1. The van der Waals surface area contributed by atoms with Crippen molar-refractivity contribution in [3.05, 3.63) is 0 Å². The summed E-state index contributed by atoms with van der Waals surface area (Å²) in [7, 11) is 1.37. The molecule has 0 spiro atoms. The Bertz CT molecular complexity index is 227. The average molecular weight is 201 g/mol. The minimum absolute atomic E-state index is 0.229. The molecule has 0 aromatic carbocycles. The zero-order chi connectivity index (χ0) is 10.4.